The van der Waals surface area contributed by atoms with Gasteiger partial charge in [0.05, 0.1) is 13.3 Å². The summed E-state index contributed by atoms with van der Waals surface area (Å²) in [6, 6.07) is 12.1. The van der Waals surface area contributed by atoms with E-state index in [2.05, 4.69) is 28.5 Å². The maximum absolute atomic E-state index is 12.0. The lowest BCUT2D eigenvalue weighted by Crippen LogP contribution is -1.99. The highest BCUT2D eigenvalue weighted by molar-refractivity contribution is 5.70. The average Bonchev–Trinajstić information content (AvgIpc) is 2.64. The zero-order valence-corrected chi connectivity index (χ0v) is 14.2. The van der Waals surface area contributed by atoms with E-state index in [1.165, 1.54) is 0 Å². The fraction of sp³-hybridized carbons (Fsp3) is 0.350. The number of alkyl halides is 1. The monoisotopic (exact) mass is 328 g/mol. The molecule has 0 unspecified atom stereocenters. The molecule has 0 fully saturated rings. The second kappa shape index (κ2) is 10.4. The molecule has 1 aromatic carbocycles. The zero-order chi connectivity index (χ0) is 17.0. The third-order valence-electron chi connectivity index (χ3n) is 3.70. The molecule has 0 bridgehead atoms. The number of aromatic nitrogens is 1. The Balaban J connectivity index is 1.77. The molecule has 0 spiro atoms. The van der Waals surface area contributed by atoms with Crippen LogP contribution in [0.1, 0.15) is 36.8 Å². The fourth-order valence-electron chi connectivity index (χ4n) is 2.26. The predicted octanol–water partition coefficient (Wildman–Crippen LogP) is 5.20. The summed E-state index contributed by atoms with van der Waals surface area (Å²) in [5, 5.41) is 3.10. The topological polar surface area (TPSA) is 34.1 Å². The largest absolute Gasteiger partial charge is 0.478 e. The van der Waals surface area contributed by atoms with Gasteiger partial charge in [-0.05, 0) is 48.6 Å². The van der Waals surface area contributed by atoms with Crippen molar-refractivity contribution in [2.24, 2.45) is 0 Å². The molecule has 4 heteroatoms. The average molecular weight is 328 g/mol. The molecular formula is C20H25FN2O. The number of anilines is 1. The van der Waals surface area contributed by atoms with Crippen LogP contribution in [0.3, 0.4) is 0 Å². The molecule has 0 radical (unpaired) electrons. The summed E-state index contributed by atoms with van der Waals surface area (Å²) in [6.45, 7) is 0.406. The molecule has 0 aliphatic carbocycles. The first kappa shape index (κ1) is 18.0. The SMILES string of the molecule is CNc1ccc(/C=C/c2ccc(OCCCCCCF)nc2)cc1. The van der Waals surface area contributed by atoms with E-state index in [0.717, 1.165) is 36.1 Å². The first-order valence-corrected chi connectivity index (χ1v) is 8.42. The van der Waals surface area contributed by atoms with Crippen LogP contribution < -0.4 is 10.1 Å². The Hall–Kier alpha value is -2.36. The smallest absolute Gasteiger partial charge is 0.213 e. The van der Waals surface area contributed by atoms with Crippen molar-refractivity contribution >= 4 is 17.8 Å². The van der Waals surface area contributed by atoms with Gasteiger partial charge in [0.1, 0.15) is 0 Å². The predicted molar refractivity (Wildman–Crippen MR) is 99.1 cm³/mol. The van der Waals surface area contributed by atoms with Gasteiger partial charge < -0.3 is 10.1 Å². The third-order valence-corrected chi connectivity index (χ3v) is 3.70. The Morgan fingerprint density at radius 1 is 0.958 bits per heavy atom. The number of hydrogen-bond donors (Lipinski definition) is 1. The minimum absolute atomic E-state index is 0.225. The van der Waals surface area contributed by atoms with Gasteiger partial charge in [-0.15, -0.1) is 0 Å². The van der Waals surface area contributed by atoms with E-state index in [-0.39, 0.29) is 6.67 Å². The van der Waals surface area contributed by atoms with Crippen molar-refractivity contribution in [1.82, 2.24) is 4.98 Å². The van der Waals surface area contributed by atoms with Crippen LogP contribution in [0, 0.1) is 0 Å². The summed E-state index contributed by atoms with van der Waals surface area (Å²) >= 11 is 0. The molecule has 24 heavy (non-hydrogen) atoms. The van der Waals surface area contributed by atoms with Crippen molar-refractivity contribution in [1.29, 1.82) is 0 Å². The maximum Gasteiger partial charge on any atom is 0.213 e. The lowest BCUT2D eigenvalue weighted by Gasteiger charge is -2.05. The molecule has 0 aliphatic rings. The van der Waals surface area contributed by atoms with Crippen molar-refractivity contribution in [3.05, 3.63) is 53.7 Å². The second-order valence-electron chi connectivity index (χ2n) is 5.59. The Bertz CT molecular complexity index is 609. The molecule has 128 valence electrons. The molecule has 0 atom stereocenters. The zero-order valence-electron chi connectivity index (χ0n) is 14.2. The molecule has 1 heterocycles. The first-order valence-electron chi connectivity index (χ1n) is 8.42. The van der Waals surface area contributed by atoms with Crippen molar-refractivity contribution in [3.8, 4) is 5.88 Å². The van der Waals surface area contributed by atoms with Crippen LogP contribution >= 0.6 is 0 Å². The van der Waals surface area contributed by atoms with Gasteiger partial charge in [0.2, 0.25) is 5.88 Å². The van der Waals surface area contributed by atoms with Gasteiger partial charge in [0.15, 0.2) is 0 Å². The number of nitrogens with zero attached hydrogens (tertiary/aromatic N) is 1. The number of rotatable bonds is 10. The minimum atomic E-state index is -0.225. The van der Waals surface area contributed by atoms with Gasteiger partial charge in [-0.2, -0.15) is 0 Å². The number of unbranched alkanes of at least 4 members (excludes halogenated alkanes) is 3. The second-order valence-corrected chi connectivity index (χ2v) is 5.59. The molecule has 2 rings (SSSR count). The molecular weight excluding hydrogens is 303 g/mol. The molecule has 0 aliphatic heterocycles. The van der Waals surface area contributed by atoms with E-state index in [0.29, 0.717) is 18.9 Å². The van der Waals surface area contributed by atoms with E-state index in [1.54, 1.807) is 6.20 Å². The van der Waals surface area contributed by atoms with Crippen LogP contribution in [0.25, 0.3) is 12.2 Å². The third kappa shape index (κ3) is 6.41. The number of halogens is 1. The Kier molecular flexibility index (Phi) is 7.81. The lowest BCUT2D eigenvalue weighted by molar-refractivity contribution is 0.292. The van der Waals surface area contributed by atoms with Crippen LogP contribution in [0.15, 0.2) is 42.6 Å². The van der Waals surface area contributed by atoms with Crippen LogP contribution in [-0.2, 0) is 0 Å². The number of nitrogens with one attached hydrogen (secondary N) is 1. The molecule has 1 N–H and O–H groups in total. The van der Waals surface area contributed by atoms with Gasteiger partial charge in [0, 0.05) is 25.0 Å². The van der Waals surface area contributed by atoms with Crippen molar-refractivity contribution in [2.75, 3.05) is 25.6 Å². The van der Waals surface area contributed by atoms with Crippen molar-refractivity contribution in [2.45, 2.75) is 25.7 Å². The quantitative estimate of drug-likeness (QED) is 0.609. The van der Waals surface area contributed by atoms with Crippen LogP contribution in [-0.4, -0.2) is 25.3 Å². The standard InChI is InChI=1S/C20H25FN2O/c1-22-19-11-8-17(9-12-19)6-7-18-10-13-20(23-16-18)24-15-5-3-2-4-14-21/h6-13,16,22H,2-5,14-15H2,1H3/b7-6+. The van der Waals surface area contributed by atoms with E-state index < -0.39 is 0 Å². The molecule has 0 saturated carbocycles. The van der Waals surface area contributed by atoms with Crippen molar-refractivity contribution < 1.29 is 9.13 Å². The minimum Gasteiger partial charge on any atom is -0.478 e. The maximum atomic E-state index is 12.0. The molecule has 0 amide bonds. The Morgan fingerprint density at radius 3 is 2.33 bits per heavy atom. The fourth-order valence-corrected chi connectivity index (χ4v) is 2.26. The van der Waals surface area contributed by atoms with E-state index in [4.69, 9.17) is 4.74 Å². The highest BCUT2D eigenvalue weighted by Crippen LogP contribution is 2.14. The number of hydrogen-bond acceptors (Lipinski definition) is 3. The van der Waals surface area contributed by atoms with Crippen molar-refractivity contribution in [3.63, 3.8) is 0 Å². The number of benzene rings is 1. The van der Waals surface area contributed by atoms with E-state index >= 15 is 0 Å². The van der Waals surface area contributed by atoms with Crippen LogP contribution in [0.4, 0.5) is 10.1 Å². The number of pyridine rings is 1. The van der Waals surface area contributed by atoms with Gasteiger partial charge >= 0.3 is 0 Å². The molecule has 1 aromatic heterocycles. The summed E-state index contributed by atoms with van der Waals surface area (Å²) in [4.78, 5) is 4.31. The summed E-state index contributed by atoms with van der Waals surface area (Å²) < 4.78 is 17.6. The Morgan fingerprint density at radius 2 is 1.67 bits per heavy atom. The Labute approximate surface area is 143 Å². The number of ether oxygens (including phenoxy) is 1. The highest BCUT2D eigenvalue weighted by atomic mass is 19.1. The molecule has 2 aromatic rings. The van der Waals surface area contributed by atoms with Gasteiger partial charge in [-0.25, -0.2) is 4.98 Å². The van der Waals surface area contributed by atoms with Gasteiger partial charge in [-0.1, -0.05) is 30.7 Å². The van der Waals surface area contributed by atoms with E-state index in [9.17, 15) is 4.39 Å². The van der Waals surface area contributed by atoms with Crippen LogP contribution in [0.2, 0.25) is 0 Å². The lowest BCUT2D eigenvalue weighted by atomic mass is 10.1. The summed E-state index contributed by atoms with van der Waals surface area (Å²) in [5.41, 5.74) is 3.27. The summed E-state index contributed by atoms with van der Waals surface area (Å²) in [5.74, 6) is 0.635. The van der Waals surface area contributed by atoms with Crippen LogP contribution in [0.5, 0.6) is 5.88 Å². The highest BCUT2D eigenvalue weighted by Gasteiger charge is 1.96. The molecule has 0 saturated heterocycles. The molecule has 3 nitrogen and oxygen atoms in total. The summed E-state index contributed by atoms with van der Waals surface area (Å²) in [7, 11) is 1.91. The first-order chi connectivity index (χ1) is 11.8. The van der Waals surface area contributed by atoms with Gasteiger partial charge in [-0.3, -0.25) is 4.39 Å². The van der Waals surface area contributed by atoms with Gasteiger partial charge in [0.25, 0.3) is 0 Å². The normalized spacial score (nSPS) is 10.9. The van der Waals surface area contributed by atoms with E-state index in [1.807, 2.05) is 37.4 Å². The summed E-state index contributed by atoms with van der Waals surface area (Å²) in [6.07, 6.45) is 9.40.